The molecular formula is C18H20N4O2S. The minimum absolute atomic E-state index is 0.0389. The summed E-state index contributed by atoms with van der Waals surface area (Å²) in [7, 11) is -3.03. The topological polar surface area (TPSA) is 77.7 Å². The van der Waals surface area contributed by atoms with E-state index in [1.54, 1.807) is 29.3 Å². The van der Waals surface area contributed by atoms with E-state index >= 15 is 0 Å². The highest BCUT2D eigenvalue weighted by molar-refractivity contribution is 7.89. The van der Waals surface area contributed by atoms with Crippen molar-refractivity contribution in [2.75, 3.05) is 6.26 Å². The van der Waals surface area contributed by atoms with Gasteiger partial charge in [-0.1, -0.05) is 37.6 Å². The van der Waals surface area contributed by atoms with Gasteiger partial charge in [-0.2, -0.15) is 9.90 Å². The lowest BCUT2D eigenvalue weighted by Gasteiger charge is -2.03. The molecule has 0 saturated heterocycles. The second-order valence-corrected chi connectivity index (χ2v) is 8.18. The van der Waals surface area contributed by atoms with Gasteiger partial charge in [0.25, 0.3) is 0 Å². The average molecular weight is 356 g/mol. The van der Waals surface area contributed by atoms with Crippen molar-refractivity contribution >= 4 is 9.84 Å². The van der Waals surface area contributed by atoms with Crippen LogP contribution in [-0.4, -0.2) is 34.7 Å². The Morgan fingerprint density at radius 1 is 1.12 bits per heavy atom. The van der Waals surface area contributed by atoms with E-state index in [2.05, 4.69) is 22.1 Å². The number of aromatic nitrogens is 4. The molecule has 0 radical (unpaired) electrons. The lowest BCUT2D eigenvalue weighted by Crippen LogP contribution is -2.01. The summed E-state index contributed by atoms with van der Waals surface area (Å²) in [6.45, 7) is 2.12. The van der Waals surface area contributed by atoms with Gasteiger partial charge in [-0.05, 0) is 24.1 Å². The van der Waals surface area contributed by atoms with E-state index in [0.29, 0.717) is 0 Å². The van der Waals surface area contributed by atoms with Gasteiger partial charge in [0.2, 0.25) is 0 Å². The zero-order valence-electron chi connectivity index (χ0n) is 14.3. The van der Waals surface area contributed by atoms with Crippen LogP contribution in [0.25, 0.3) is 16.9 Å². The Labute approximate surface area is 147 Å². The second kappa shape index (κ2) is 7.14. The first-order valence-electron chi connectivity index (χ1n) is 8.09. The van der Waals surface area contributed by atoms with Crippen LogP contribution in [0, 0.1) is 0 Å². The number of sulfone groups is 1. The Hall–Kier alpha value is -2.54. The zero-order chi connectivity index (χ0) is 17.9. The number of benzene rings is 1. The van der Waals surface area contributed by atoms with E-state index in [9.17, 15) is 8.42 Å². The second-order valence-electron chi connectivity index (χ2n) is 6.04. The first-order valence-corrected chi connectivity index (χ1v) is 10.2. The Kier molecular flexibility index (Phi) is 4.94. The van der Waals surface area contributed by atoms with Gasteiger partial charge in [-0.15, -0.1) is 5.10 Å². The van der Waals surface area contributed by atoms with E-state index in [1.807, 2.05) is 24.3 Å². The molecule has 0 N–H and O–H groups in total. The fourth-order valence-electron chi connectivity index (χ4n) is 2.58. The molecule has 0 fully saturated rings. The van der Waals surface area contributed by atoms with Crippen molar-refractivity contribution in [3.8, 4) is 16.9 Å². The summed E-state index contributed by atoms with van der Waals surface area (Å²) in [4.78, 5) is 5.92. The summed E-state index contributed by atoms with van der Waals surface area (Å²) < 4.78 is 22.7. The minimum atomic E-state index is -3.03. The maximum atomic E-state index is 11.4. The summed E-state index contributed by atoms with van der Waals surface area (Å²) in [5.41, 5.74) is 4.28. The maximum Gasteiger partial charge on any atom is 0.151 e. The third-order valence-electron chi connectivity index (χ3n) is 3.71. The lowest BCUT2D eigenvalue weighted by molar-refractivity contribution is 0.601. The number of rotatable bonds is 6. The molecule has 3 aromatic rings. The van der Waals surface area contributed by atoms with Crippen molar-refractivity contribution < 1.29 is 8.42 Å². The van der Waals surface area contributed by atoms with E-state index < -0.39 is 9.84 Å². The highest BCUT2D eigenvalue weighted by atomic mass is 32.2. The van der Waals surface area contributed by atoms with Crippen LogP contribution in [0.5, 0.6) is 0 Å². The highest BCUT2D eigenvalue weighted by Crippen LogP contribution is 2.19. The summed E-state index contributed by atoms with van der Waals surface area (Å²) in [5.74, 6) is 0.0389. The molecule has 0 aliphatic heterocycles. The maximum absolute atomic E-state index is 11.4. The van der Waals surface area contributed by atoms with Gasteiger partial charge in [0.05, 0.1) is 17.6 Å². The predicted octanol–water partition coefficient (Wildman–Crippen LogP) is 2.83. The van der Waals surface area contributed by atoms with Gasteiger partial charge >= 0.3 is 0 Å². The standard InChI is InChI=1S/C18H20N4O2S/c1-3-4-16-11-17(9-10-19-16)22-20-12-18(21-22)15-7-5-14(6-8-15)13-25(2,23)24/h5-12H,3-4,13H2,1-2H3. The zero-order valence-corrected chi connectivity index (χ0v) is 15.1. The molecule has 7 heteroatoms. The summed E-state index contributed by atoms with van der Waals surface area (Å²) >= 11 is 0. The third-order valence-corrected chi connectivity index (χ3v) is 4.57. The molecule has 0 aliphatic carbocycles. The number of nitrogens with zero attached hydrogens (tertiary/aromatic N) is 4. The molecule has 2 aromatic heterocycles. The first-order chi connectivity index (χ1) is 11.9. The van der Waals surface area contributed by atoms with Crippen LogP contribution in [0.1, 0.15) is 24.6 Å². The Morgan fingerprint density at radius 3 is 2.56 bits per heavy atom. The van der Waals surface area contributed by atoms with E-state index in [4.69, 9.17) is 0 Å². The molecule has 6 nitrogen and oxygen atoms in total. The van der Waals surface area contributed by atoms with Crippen molar-refractivity contribution in [2.45, 2.75) is 25.5 Å². The molecule has 0 amide bonds. The van der Waals surface area contributed by atoms with Crippen LogP contribution < -0.4 is 0 Å². The molecule has 0 aliphatic rings. The van der Waals surface area contributed by atoms with Gasteiger partial charge in [0, 0.05) is 23.7 Å². The first kappa shape index (κ1) is 17.3. The van der Waals surface area contributed by atoms with Crippen LogP contribution in [0.3, 0.4) is 0 Å². The highest BCUT2D eigenvalue weighted by Gasteiger charge is 2.08. The van der Waals surface area contributed by atoms with Crippen LogP contribution in [0.2, 0.25) is 0 Å². The van der Waals surface area contributed by atoms with Crippen LogP contribution in [0.4, 0.5) is 0 Å². The average Bonchev–Trinajstić information content (AvgIpc) is 3.05. The van der Waals surface area contributed by atoms with Crippen LogP contribution >= 0.6 is 0 Å². The molecule has 1 aromatic carbocycles. The minimum Gasteiger partial charge on any atom is -0.261 e. The number of hydrogen-bond acceptors (Lipinski definition) is 5. The predicted molar refractivity (Wildman–Crippen MR) is 97.1 cm³/mol. The number of pyridine rings is 1. The van der Waals surface area contributed by atoms with Crippen molar-refractivity contribution in [3.63, 3.8) is 0 Å². The number of aryl methyl sites for hydroxylation is 1. The Morgan fingerprint density at radius 2 is 1.88 bits per heavy atom. The van der Waals surface area contributed by atoms with Crippen molar-refractivity contribution in [3.05, 3.63) is 60.0 Å². The van der Waals surface area contributed by atoms with E-state index in [1.165, 1.54) is 6.26 Å². The van der Waals surface area contributed by atoms with Gasteiger partial charge in [-0.25, -0.2) is 8.42 Å². The Balaban J connectivity index is 1.83. The van der Waals surface area contributed by atoms with Crippen LogP contribution in [-0.2, 0) is 22.0 Å². The molecule has 0 atom stereocenters. The monoisotopic (exact) mass is 356 g/mol. The van der Waals surface area contributed by atoms with Crippen molar-refractivity contribution in [1.29, 1.82) is 0 Å². The fourth-order valence-corrected chi connectivity index (χ4v) is 3.37. The normalized spacial score (nSPS) is 11.6. The van der Waals surface area contributed by atoms with E-state index in [-0.39, 0.29) is 5.75 Å². The van der Waals surface area contributed by atoms with Gasteiger partial charge in [-0.3, -0.25) is 4.98 Å². The molecule has 25 heavy (non-hydrogen) atoms. The molecule has 2 heterocycles. The molecule has 0 bridgehead atoms. The Bertz CT molecular complexity index is 963. The molecule has 130 valence electrons. The smallest absolute Gasteiger partial charge is 0.151 e. The lowest BCUT2D eigenvalue weighted by atomic mass is 10.1. The van der Waals surface area contributed by atoms with Gasteiger partial charge < -0.3 is 0 Å². The largest absolute Gasteiger partial charge is 0.261 e. The van der Waals surface area contributed by atoms with Crippen molar-refractivity contribution in [1.82, 2.24) is 20.0 Å². The molecular weight excluding hydrogens is 336 g/mol. The van der Waals surface area contributed by atoms with Gasteiger partial charge in [0.1, 0.15) is 5.69 Å². The third kappa shape index (κ3) is 4.51. The molecule has 0 unspecified atom stereocenters. The SMILES string of the molecule is CCCc1cc(-n2ncc(-c3ccc(CS(C)(=O)=O)cc3)n2)ccn1. The van der Waals surface area contributed by atoms with Gasteiger partial charge in [0.15, 0.2) is 9.84 Å². The molecule has 3 rings (SSSR count). The fraction of sp³-hybridized carbons (Fsp3) is 0.278. The van der Waals surface area contributed by atoms with E-state index in [0.717, 1.165) is 41.0 Å². The summed E-state index contributed by atoms with van der Waals surface area (Å²) in [6, 6.07) is 11.2. The van der Waals surface area contributed by atoms with Crippen molar-refractivity contribution in [2.24, 2.45) is 0 Å². The van der Waals surface area contributed by atoms with Crippen LogP contribution in [0.15, 0.2) is 48.8 Å². The quantitative estimate of drug-likeness (QED) is 0.679. The molecule has 0 saturated carbocycles. The number of hydrogen-bond donors (Lipinski definition) is 0. The summed E-state index contributed by atoms with van der Waals surface area (Å²) in [5, 5.41) is 8.84. The molecule has 0 spiro atoms. The summed E-state index contributed by atoms with van der Waals surface area (Å²) in [6.07, 6.45) is 6.65.